The van der Waals surface area contributed by atoms with Crippen molar-refractivity contribution in [2.24, 2.45) is 0 Å². The summed E-state index contributed by atoms with van der Waals surface area (Å²) in [5.74, 6) is 0. The molecule has 14 aromatic carbocycles. The van der Waals surface area contributed by atoms with Crippen LogP contribution in [0.5, 0.6) is 0 Å². The fourth-order valence-corrected chi connectivity index (χ4v) is 12.8. The van der Waals surface area contributed by atoms with Crippen LogP contribution in [0.4, 0.5) is 0 Å². The molecular weight excluding hydrogens is 1020 g/mol. The summed E-state index contributed by atoms with van der Waals surface area (Å²) in [6.07, 6.45) is 0. The molecule has 0 atom stereocenters. The van der Waals surface area contributed by atoms with Gasteiger partial charge in [0.2, 0.25) is 0 Å². The molecule has 0 fully saturated rings. The molecule has 85 heavy (non-hydrogen) atoms. The first kappa shape index (κ1) is 50.8. The standard InChI is InChI=1S/C84H57N/c1-6-26-58(27-7-1)71-36-16-20-40-75(71)67-50-65(51-68(54-67)76-41-21-17-37-72(76)59-28-8-2-9-29-59)63-46-48-83-80(56-63)81-57-64(47-49-84(81)85(83)82-45-25-24-44-79(82)62-34-14-5-15-35-62)66-52-69(77-42-22-18-38-73(77)60-30-10-3-11-31-60)55-70(53-66)78-43-23-19-39-74(78)61-32-12-4-13-33-61/h1-57H. The molecule has 0 unspecified atom stereocenters. The quantitative estimate of drug-likeness (QED) is 0.115. The molecule has 0 bridgehead atoms. The Morgan fingerprint density at radius 2 is 0.365 bits per heavy atom. The minimum Gasteiger partial charge on any atom is -0.309 e. The average Bonchev–Trinajstić information content (AvgIpc) is 1.96. The highest BCUT2D eigenvalue weighted by Crippen LogP contribution is 2.46. The van der Waals surface area contributed by atoms with E-state index in [1.165, 1.54) is 88.7 Å². The van der Waals surface area contributed by atoms with Crippen LogP contribution >= 0.6 is 0 Å². The Morgan fingerprint density at radius 1 is 0.141 bits per heavy atom. The SMILES string of the molecule is c1ccc(-c2ccccc2-c2cc(-c3ccc4c(c3)c3cc(-c5cc(-c6ccccc6-c6ccccc6)cc(-c6ccccc6-c6ccccc6)c5)ccc3n4-c3ccccc3-c3ccccc3)cc(-c3ccccc3-c3ccccc3)c2)cc1. The van der Waals surface area contributed by atoms with Crippen LogP contribution in [0, 0.1) is 0 Å². The molecule has 0 aliphatic heterocycles. The number of benzene rings is 14. The van der Waals surface area contributed by atoms with Crippen molar-refractivity contribution in [1.29, 1.82) is 0 Å². The molecule has 0 radical (unpaired) electrons. The van der Waals surface area contributed by atoms with Crippen molar-refractivity contribution in [3.63, 3.8) is 0 Å². The van der Waals surface area contributed by atoms with Crippen LogP contribution in [0.2, 0.25) is 0 Å². The second-order valence-corrected chi connectivity index (χ2v) is 21.9. The van der Waals surface area contributed by atoms with Gasteiger partial charge in [-0.1, -0.05) is 279 Å². The fraction of sp³-hybridized carbons (Fsp3) is 0. The van der Waals surface area contributed by atoms with E-state index in [0.29, 0.717) is 0 Å². The Bertz CT molecular complexity index is 4430. The van der Waals surface area contributed by atoms with E-state index in [-0.39, 0.29) is 0 Å². The van der Waals surface area contributed by atoms with Crippen molar-refractivity contribution in [1.82, 2.24) is 4.57 Å². The summed E-state index contributed by atoms with van der Waals surface area (Å²) in [5, 5.41) is 2.36. The second-order valence-electron chi connectivity index (χ2n) is 21.9. The minimum absolute atomic E-state index is 1.13. The number of fused-ring (bicyclic) bond motifs is 3. The molecular formula is C84H57N. The molecule has 0 aliphatic rings. The highest BCUT2D eigenvalue weighted by atomic mass is 15.0. The molecule has 1 heterocycles. The summed E-state index contributed by atoms with van der Waals surface area (Å²) in [4.78, 5) is 0. The molecule has 0 aliphatic carbocycles. The predicted octanol–water partition coefficient (Wildman–Crippen LogP) is 23.1. The lowest BCUT2D eigenvalue weighted by atomic mass is 9.87. The van der Waals surface area contributed by atoms with Crippen molar-refractivity contribution in [2.75, 3.05) is 0 Å². The van der Waals surface area contributed by atoms with E-state index in [4.69, 9.17) is 0 Å². The van der Waals surface area contributed by atoms with E-state index >= 15 is 0 Å². The van der Waals surface area contributed by atoms with Crippen LogP contribution in [-0.2, 0) is 0 Å². The molecule has 15 aromatic rings. The molecule has 15 rings (SSSR count). The molecule has 0 saturated heterocycles. The van der Waals surface area contributed by atoms with Gasteiger partial charge in [0.05, 0.1) is 16.7 Å². The minimum atomic E-state index is 1.13. The first-order chi connectivity index (χ1) is 42.2. The van der Waals surface area contributed by atoms with Crippen LogP contribution < -0.4 is 0 Å². The van der Waals surface area contributed by atoms with Crippen LogP contribution in [0.3, 0.4) is 0 Å². The van der Waals surface area contributed by atoms with E-state index < -0.39 is 0 Å². The molecule has 1 nitrogen and oxygen atoms in total. The zero-order valence-electron chi connectivity index (χ0n) is 46.9. The van der Waals surface area contributed by atoms with Crippen LogP contribution in [-0.4, -0.2) is 4.57 Å². The lowest BCUT2D eigenvalue weighted by molar-refractivity contribution is 1.18. The third-order valence-corrected chi connectivity index (χ3v) is 16.8. The van der Waals surface area contributed by atoms with Gasteiger partial charge in [0.25, 0.3) is 0 Å². The topological polar surface area (TPSA) is 4.93 Å². The van der Waals surface area contributed by atoms with Gasteiger partial charge in [-0.05, 0) is 184 Å². The molecule has 0 saturated carbocycles. The summed E-state index contributed by atoms with van der Waals surface area (Å²) in [7, 11) is 0. The van der Waals surface area contributed by atoms with E-state index in [2.05, 4.69) is 350 Å². The number of nitrogens with zero attached hydrogens (tertiary/aromatic N) is 1. The maximum absolute atomic E-state index is 2.49. The van der Waals surface area contributed by atoms with Gasteiger partial charge in [-0.25, -0.2) is 0 Å². The highest BCUT2D eigenvalue weighted by Gasteiger charge is 2.21. The summed E-state index contributed by atoms with van der Waals surface area (Å²) in [6.45, 7) is 0. The van der Waals surface area contributed by atoms with Gasteiger partial charge in [-0.15, -0.1) is 0 Å². The summed E-state index contributed by atoms with van der Waals surface area (Å²) < 4.78 is 2.49. The lowest BCUT2D eigenvalue weighted by Gasteiger charge is -2.17. The maximum atomic E-state index is 2.49. The summed E-state index contributed by atoms with van der Waals surface area (Å²) in [6, 6.07) is 127. The second kappa shape index (κ2) is 22.3. The Balaban J connectivity index is 0.978. The zero-order chi connectivity index (χ0) is 56.5. The Hall–Kier alpha value is -11.1. The van der Waals surface area contributed by atoms with Gasteiger partial charge in [0.15, 0.2) is 0 Å². The number of aromatic nitrogens is 1. The maximum Gasteiger partial charge on any atom is 0.0541 e. The van der Waals surface area contributed by atoms with Gasteiger partial charge in [-0.2, -0.15) is 0 Å². The summed E-state index contributed by atoms with van der Waals surface area (Å²) >= 11 is 0. The van der Waals surface area contributed by atoms with Gasteiger partial charge >= 0.3 is 0 Å². The molecule has 1 aromatic heterocycles. The smallest absolute Gasteiger partial charge is 0.0541 e. The molecule has 0 spiro atoms. The molecule has 0 N–H and O–H groups in total. The zero-order valence-corrected chi connectivity index (χ0v) is 46.9. The van der Waals surface area contributed by atoms with Crippen LogP contribution in [0.25, 0.3) is 150 Å². The number of para-hydroxylation sites is 1. The largest absolute Gasteiger partial charge is 0.309 e. The van der Waals surface area contributed by atoms with Crippen molar-refractivity contribution in [3.05, 3.63) is 346 Å². The van der Waals surface area contributed by atoms with Crippen LogP contribution in [0.15, 0.2) is 346 Å². The van der Waals surface area contributed by atoms with Crippen molar-refractivity contribution in [2.45, 2.75) is 0 Å². The number of rotatable bonds is 12. The van der Waals surface area contributed by atoms with E-state index in [9.17, 15) is 0 Å². The Labute approximate surface area is 497 Å². The van der Waals surface area contributed by atoms with E-state index in [0.717, 1.165) is 61.2 Å². The summed E-state index contributed by atoms with van der Waals surface area (Å²) in [5.41, 5.74) is 29.3. The van der Waals surface area contributed by atoms with Gasteiger partial charge in [0, 0.05) is 16.3 Å². The highest BCUT2D eigenvalue weighted by molar-refractivity contribution is 6.12. The number of hydrogen-bond donors (Lipinski definition) is 0. The van der Waals surface area contributed by atoms with Crippen molar-refractivity contribution < 1.29 is 0 Å². The predicted molar refractivity (Wildman–Crippen MR) is 361 cm³/mol. The normalized spacial score (nSPS) is 11.3. The van der Waals surface area contributed by atoms with E-state index in [1.54, 1.807) is 0 Å². The lowest BCUT2D eigenvalue weighted by Crippen LogP contribution is -1.97. The van der Waals surface area contributed by atoms with E-state index in [1.807, 2.05) is 0 Å². The fourth-order valence-electron chi connectivity index (χ4n) is 12.8. The molecule has 0 amide bonds. The first-order valence-electron chi connectivity index (χ1n) is 29.3. The monoisotopic (exact) mass is 1080 g/mol. The van der Waals surface area contributed by atoms with Crippen LogP contribution in [0.1, 0.15) is 0 Å². The van der Waals surface area contributed by atoms with Gasteiger partial charge < -0.3 is 4.57 Å². The molecule has 1 heteroatoms. The number of hydrogen-bond acceptors (Lipinski definition) is 0. The van der Waals surface area contributed by atoms with Crippen molar-refractivity contribution in [3.8, 4) is 128 Å². The Morgan fingerprint density at radius 3 is 0.659 bits per heavy atom. The van der Waals surface area contributed by atoms with Crippen molar-refractivity contribution >= 4 is 21.8 Å². The molecule has 398 valence electrons. The van der Waals surface area contributed by atoms with Gasteiger partial charge in [-0.3, -0.25) is 0 Å². The third kappa shape index (κ3) is 9.74. The van der Waals surface area contributed by atoms with Gasteiger partial charge in [0.1, 0.15) is 0 Å². The Kier molecular flexibility index (Phi) is 13.3. The first-order valence-corrected chi connectivity index (χ1v) is 29.3. The third-order valence-electron chi connectivity index (χ3n) is 16.8. The average molecular weight is 1080 g/mol.